The summed E-state index contributed by atoms with van der Waals surface area (Å²) >= 11 is 1.31. The van der Waals surface area contributed by atoms with Crippen molar-refractivity contribution in [2.45, 2.75) is 33.1 Å². The number of aryl methyl sites for hydroxylation is 1. The van der Waals surface area contributed by atoms with E-state index in [0.29, 0.717) is 21.7 Å². The molecular weight excluding hydrogens is 392 g/mol. The third-order valence-electron chi connectivity index (χ3n) is 5.19. The molecule has 3 rings (SSSR count). The number of nitrogens with one attached hydrogen (secondary N) is 1. The van der Waals surface area contributed by atoms with E-state index < -0.39 is 5.92 Å². The molecular formula is C25H24N2O2S. The summed E-state index contributed by atoms with van der Waals surface area (Å²) in [6.45, 7) is 5.44. The van der Waals surface area contributed by atoms with Crippen LogP contribution in [-0.2, 0) is 11.2 Å². The van der Waals surface area contributed by atoms with Gasteiger partial charge >= 0.3 is 0 Å². The first kappa shape index (κ1) is 21.6. The summed E-state index contributed by atoms with van der Waals surface area (Å²) in [7, 11) is 0. The second-order valence-electron chi connectivity index (χ2n) is 7.18. The Hall–Kier alpha value is -3.10. The fraction of sp³-hybridized carbons (Fsp3) is 0.240. The molecule has 152 valence electrons. The van der Waals surface area contributed by atoms with Crippen molar-refractivity contribution in [1.29, 1.82) is 5.26 Å². The highest BCUT2D eigenvalue weighted by Crippen LogP contribution is 2.40. The molecule has 0 fully saturated rings. The molecule has 1 atom stereocenters. The van der Waals surface area contributed by atoms with Crippen LogP contribution >= 0.6 is 11.8 Å². The van der Waals surface area contributed by atoms with Gasteiger partial charge in [-0.25, -0.2) is 0 Å². The van der Waals surface area contributed by atoms with Crippen LogP contribution in [0.5, 0.6) is 0 Å². The third-order valence-corrected chi connectivity index (χ3v) is 6.21. The minimum absolute atomic E-state index is 0.00417. The minimum atomic E-state index is -0.434. The molecule has 0 radical (unpaired) electrons. The maximum Gasteiger partial charge on any atom is 0.173 e. The number of carbonyl (C=O) groups is 2. The van der Waals surface area contributed by atoms with E-state index in [1.54, 1.807) is 0 Å². The van der Waals surface area contributed by atoms with Crippen molar-refractivity contribution in [3.63, 3.8) is 0 Å². The molecule has 0 amide bonds. The van der Waals surface area contributed by atoms with Gasteiger partial charge in [-0.15, -0.1) is 0 Å². The lowest BCUT2D eigenvalue weighted by atomic mass is 9.81. The van der Waals surface area contributed by atoms with E-state index in [-0.39, 0.29) is 17.3 Å². The van der Waals surface area contributed by atoms with Crippen molar-refractivity contribution in [3.05, 3.63) is 93.2 Å². The van der Waals surface area contributed by atoms with Crippen LogP contribution in [0.4, 0.5) is 0 Å². The standard InChI is InChI=1S/C25H24N2O2S/c1-4-18-10-12-19(13-11-18)22(29)15-30-25-21(14-26)24(20-8-6-5-7-9-20)23(17(3)28)16(2)27-25/h5-13,24,27H,4,15H2,1-3H3. The molecule has 2 aromatic carbocycles. The van der Waals surface area contributed by atoms with Gasteiger partial charge in [0, 0.05) is 16.8 Å². The molecule has 1 aliphatic heterocycles. The predicted octanol–water partition coefficient (Wildman–Crippen LogP) is 5.15. The van der Waals surface area contributed by atoms with Crippen LogP contribution in [-0.4, -0.2) is 17.3 Å². The summed E-state index contributed by atoms with van der Waals surface area (Å²) < 4.78 is 0. The number of nitriles is 1. The molecule has 5 heteroatoms. The predicted molar refractivity (Wildman–Crippen MR) is 121 cm³/mol. The average molecular weight is 417 g/mol. The van der Waals surface area contributed by atoms with E-state index in [9.17, 15) is 14.9 Å². The zero-order valence-corrected chi connectivity index (χ0v) is 18.2. The van der Waals surface area contributed by atoms with E-state index in [4.69, 9.17) is 0 Å². The van der Waals surface area contributed by atoms with Crippen LogP contribution in [0, 0.1) is 11.3 Å². The molecule has 1 unspecified atom stereocenters. The van der Waals surface area contributed by atoms with E-state index in [2.05, 4.69) is 18.3 Å². The number of allylic oxidation sites excluding steroid dienone is 3. The van der Waals surface area contributed by atoms with Crippen LogP contribution in [0.1, 0.15) is 48.2 Å². The van der Waals surface area contributed by atoms with Gasteiger partial charge in [-0.3, -0.25) is 9.59 Å². The van der Waals surface area contributed by atoms with Gasteiger partial charge in [-0.2, -0.15) is 5.26 Å². The molecule has 1 heterocycles. The van der Waals surface area contributed by atoms with E-state index >= 15 is 0 Å². The van der Waals surface area contributed by atoms with Gasteiger partial charge in [0.25, 0.3) is 0 Å². The Kier molecular flexibility index (Phi) is 6.91. The van der Waals surface area contributed by atoms with Crippen molar-refractivity contribution >= 4 is 23.3 Å². The van der Waals surface area contributed by atoms with Gasteiger partial charge in [-0.05, 0) is 31.4 Å². The number of benzene rings is 2. The Morgan fingerprint density at radius 2 is 1.77 bits per heavy atom. The molecule has 30 heavy (non-hydrogen) atoms. The summed E-state index contributed by atoms with van der Waals surface area (Å²) in [5.74, 6) is -0.290. The molecule has 0 spiro atoms. The Bertz CT molecular complexity index is 1060. The maximum absolute atomic E-state index is 12.7. The Labute approximate surface area is 181 Å². The van der Waals surface area contributed by atoms with Crippen LogP contribution in [0.3, 0.4) is 0 Å². The Balaban J connectivity index is 1.90. The minimum Gasteiger partial charge on any atom is -0.353 e. The highest BCUT2D eigenvalue weighted by Gasteiger charge is 2.33. The quantitative estimate of drug-likeness (QED) is 0.632. The highest BCUT2D eigenvalue weighted by atomic mass is 32.2. The molecule has 0 aromatic heterocycles. The monoisotopic (exact) mass is 416 g/mol. The number of hydrogen-bond acceptors (Lipinski definition) is 5. The van der Waals surface area contributed by atoms with E-state index in [1.807, 2.05) is 61.5 Å². The molecule has 4 nitrogen and oxygen atoms in total. The zero-order valence-electron chi connectivity index (χ0n) is 17.4. The topological polar surface area (TPSA) is 70.0 Å². The van der Waals surface area contributed by atoms with Gasteiger partial charge in [0.2, 0.25) is 0 Å². The smallest absolute Gasteiger partial charge is 0.173 e. The second-order valence-corrected chi connectivity index (χ2v) is 8.17. The fourth-order valence-electron chi connectivity index (χ4n) is 3.62. The highest BCUT2D eigenvalue weighted by molar-refractivity contribution is 8.03. The normalized spacial score (nSPS) is 16.1. The lowest BCUT2D eigenvalue weighted by molar-refractivity contribution is -0.113. The number of Topliss-reactive ketones (excluding diaryl/α,β-unsaturated/α-hetero) is 2. The number of hydrogen-bond donors (Lipinski definition) is 1. The van der Waals surface area contributed by atoms with Crippen molar-refractivity contribution in [2.24, 2.45) is 0 Å². The van der Waals surface area contributed by atoms with Crippen molar-refractivity contribution < 1.29 is 9.59 Å². The number of dihydropyridines is 1. The summed E-state index contributed by atoms with van der Waals surface area (Å²) in [6, 6.07) is 19.5. The number of thioether (sulfide) groups is 1. The fourth-order valence-corrected chi connectivity index (χ4v) is 4.61. The molecule has 0 bridgehead atoms. The number of rotatable bonds is 7. The molecule has 2 aromatic rings. The summed E-state index contributed by atoms with van der Waals surface area (Å²) in [6.07, 6.45) is 0.927. The molecule has 1 aliphatic rings. The first-order valence-corrected chi connectivity index (χ1v) is 10.9. The first-order chi connectivity index (χ1) is 14.5. The number of nitrogens with zero attached hydrogens (tertiary/aromatic N) is 1. The molecule has 0 saturated carbocycles. The number of ketones is 2. The number of carbonyl (C=O) groups excluding carboxylic acids is 2. The lowest BCUT2D eigenvalue weighted by Crippen LogP contribution is -2.27. The van der Waals surface area contributed by atoms with E-state index in [1.165, 1.54) is 24.2 Å². The average Bonchev–Trinajstić information content (AvgIpc) is 2.77. The Morgan fingerprint density at radius 3 is 2.33 bits per heavy atom. The van der Waals surface area contributed by atoms with Gasteiger partial charge in [0.05, 0.1) is 28.3 Å². The van der Waals surface area contributed by atoms with Gasteiger partial charge in [0.15, 0.2) is 11.6 Å². The van der Waals surface area contributed by atoms with Crippen molar-refractivity contribution in [1.82, 2.24) is 5.32 Å². The molecule has 0 aliphatic carbocycles. The van der Waals surface area contributed by atoms with Crippen molar-refractivity contribution in [2.75, 3.05) is 5.75 Å². The van der Waals surface area contributed by atoms with Crippen LogP contribution in [0.15, 0.2) is 76.5 Å². The first-order valence-electron chi connectivity index (χ1n) is 9.89. The second kappa shape index (κ2) is 9.60. The zero-order chi connectivity index (χ0) is 21.7. The van der Waals surface area contributed by atoms with Crippen LogP contribution in [0.2, 0.25) is 0 Å². The third kappa shape index (κ3) is 4.55. The maximum atomic E-state index is 12.7. The van der Waals surface area contributed by atoms with Gasteiger partial charge in [-0.1, -0.05) is 73.3 Å². The Morgan fingerprint density at radius 1 is 1.10 bits per heavy atom. The summed E-state index contributed by atoms with van der Waals surface area (Å²) in [5, 5.41) is 13.8. The SMILES string of the molecule is CCc1ccc(C(=O)CSC2=C(C#N)C(c3ccccc3)C(C(C)=O)=C(C)N2)cc1. The summed E-state index contributed by atoms with van der Waals surface area (Å²) in [5.41, 5.74) is 4.51. The summed E-state index contributed by atoms with van der Waals surface area (Å²) in [4.78, 5) is 25.0. The molecule has 1 N–H and O–H groups in total. The lowest BCUT2D eigenvalue weighted by Gasteiger charge is -2.29. The van der Waals surface area contributed by atoms with Gasteiger partial charge in [0.1, 0.15) is 0 Å². The van der Waals surface area contributed by atoms with Gasteiger partial charge < -0.3 is 5.32 Å². The van der Waals surface area contributed by atoms with Crippen LogP contribution in [0.25, 0.3) is 0 Å². The van der Waals surface area contributed by atoms with E-state index in [0.717, 1.165) is 17.7 Å². The molecule has 0 saturated heterocycles. The van der Waals surface area contributed by atoms with Crippen LogP contribution < -0.4 is 5.32 Å². The van der Waals surface area contributed by atoms with Crippen molar-refractivity contribution in [3.8, 4) is 6.07 Å². The largest absolute Gasteiger partial charge is 0.353 e.